The van der Waals surface area contributed by atoms with Gasteiger partial charge < -0.3 is 10.1 Å². The highest BCUT2D eigenvalue weighted by atomic mass is 16.6. The summed E-state index contributed by atoms with van der Waals surface area (Å²) in [5.74, 6) is 1.65. The van der Waals surface area contributed by atoms with Gasteiger partial charge in [0.2, 0.25) is 5.91 Å². The Hall–Kier alpha value is -2.28. The normalized spacial score (nSPS) is 12.1. The predicted molar refractivity (Wildman–Crippen MR) is 81.2 cm³/mol. The van der Waals surface area contributed by atoms with Gasteiger partial charge in [0.05, 0.1) is 0 Å². The van der Waals surface area contributed by atoms with Crippen molar-refractivity contribution >= 4 is 11.9 Å². The number of amides is 1. The van der Waals surface area contributed by atoms with Gasteiger partial charge in [0.15, 0.2) is 6.04 Å². The molecule has 4 nitrogen and oxygen atoms in total. The van der Waals surface area contributed by atoms with E-state index in [-0.39, 0.29) is 12.3 Å². The lowest BCUT2D eigenvalue weighted by Crippen LogP contribution is -2.38. The van der Waals surface area contributed by atoms with Crippen LogP contribution in [0.1, 0.15) is 45.2 Å². The molecule has 0 radical (unpaired) electrons. The van der Waals surface area contributed by atoms with Gasteiger partial charge in [-0.1, -0.05) is 30.3 Å². The smallest absolute Gasteiger partial charge is 0.333 e. The van der Waals surface area contributed by atoms with E-state index in [2.05, 4.69) is 11.2 Å². The van der Waals surface area contributed by atoms with Crippen LogP contribution in [0.3, 0.4) is 0 Å². The molecule has 0 spiro atoms. The fourth-order valence-electron chi connectivity index (χ4n) is 1.70. The largest absolute Gasteiger partial charge is 0.458 e. The maximum Gasteiger partial charge on any atom is 0.333 e. The summed E-state index contributed by atoms with van der Waals surface area (Å²) in [6, 6.07) is 8.18. The van der Waals surface area contributed by atoms with Crippen molar-refractivity contribution < 1.29 is 14.3 Å². The first-order valence-electron chi connectivity index (χ1n) is 6.84. The lowest BCUT2D eigenvalue weighted by Gasteiger charge is -2.24. The summed E-state index contributed by atoms with van der Waals surface area (Å²) in [6.07, 6.45) is 5.66. The van der Waals surface area contributed by atoms with Crippen LogP contribution in [0, 0.1) is 12.3 Å². The first-order chi connectivity index (χ1) is 9.83. The molecule has 0 bridgehead atoms. The lowest BCUT2D eigenvalue weighted by molar-refractivity contribution is -0.158. The fraction of sp³-hybridized carbons (Fsp3) is 0.412. The summed E-state index contributed by atoms with van der Waals surface area (Å²) in [7, 11) is 0. The molecular weight excluding hydrogens is 266 g/mol. The molecule has 1 amide bonds. The number of ether oxygens (including phenoxy) is 1. The highest BCUT2D eigenvalue weighted by Gasteiger charge is 2.27. The zero-order valence-corrected chi connectivity index (χ0v) is 12.7. The van der Waals surface area contributed by atoms with Crippen LogP contribution in [0.4, 0.5) is 0 Å². The summed E-state index contributed by atoms with van der Waals surface area (Å²) >= 11 is 0. The second kappa shape index (κ2) is 7.49. The monoisotopic (exact) mass is 287 g/mol. The topological polar surface area (TPSA) is 55.4 Å². The summed E-state index contributed by atoms with van der Waals surface area (Å²) in [4.78, 5) is 24.1. The van der Waals surface area contributed by atoms with Crippen molar-refractivity contribution in [3.63, 3.8) is 0 Å². The van der Waals surface area contributed by atoms with Gasteiger partial charge in [0, 0.05) is 12.8 Å². The second-order valence-electron chi connectivity index (χ2n) is 5.65. The van der Waals surface area contributed by atoms with Crippen molar-refractivity contribution in [2.75, 3.05) is 0 Å². The maximum atomic E-state index is 12.3. The van der Waals surface area contributed by atoms with E-state index in [1.807, 2.05) is 6.07 Å². The Balaban J connectivity index is 2.88. The van der Waals surface area contributed by atoms with E-state index < -0.39 is 17.6 Å². The number of hydrogen-bond acceptors (Lipinski definition) is 3. The third kappa shape index (κ3) is 6.13. The molecule has 1 rings (SSSR count). The van der Waals surface area contributed by atoms with Gasteiger partial charge in [0.1, 0.15) is 5.60 Å². The Kier molecular flexibility index (Phi) is 5.98. The Bertz CT molecular complexity index is 523. The van der Waals surface area contributed by atoms with Crippen molar-refractivity contribution in [1.82, 2.24) is 5.32 Å². The number of rotatable bonds is 5. The van der Waals surface area contributed by atoms with Gasteiger partial charge in [-0.3, -0.25) is 4.79 Å². The summed E-state index contributed by atoms with van der Waals surface area (Å²) in [5, 5.41) is 2.68. The van der Waals surface area contributed by atoms with Crippen molar-refractivity contribution in [3.05, 3.63) is 35.9 Å². The van der Waals surface area contributed by atoms with Gasteiger partial charge in [-0.15, -0.1) is 12.3 Å². The highest BCUT2D eigenvalue weighted by molar-refractivity contribution is 5.85. The van der Waals surface area contributed by atoms with Gasteiger partial charge in [0.25, 0.3) is 0 Å². The van der Waals surface area contributed by atoms with E-state index in [0.29, 0.717) is 12.0 Å². The van der Waals surface area contributed by atoms with Crippen LogP contribution >= 0.6 is 0 Å². The van der Waals surface area contributed by atoms with Gasteiger partial charge in [-0.25, -0.2) is 4.79 Å². The molecular formula is C17H21NO3. The first-order valence-corrected chi connectivity index (χ1v) is 6.84. The van der Waals surface area contributed by atoms with Gasteiger partial charge >= 0.3 is 5.97 Å². The highest BCUT2D eigenvalue weighted by Crippen LogP contribution is 2.18. The average molecular weight is 287 g/mol. The van der Waals surface area contributed by atoms with E-state index in [9.17, 15) is 9.59 Å². The van der Waals surface area contributed by atoms with Crippen molar-refractivity contribution in [2.24, 2.45) is 0 Å². The Morgan fingerprint density at radius 1 is 1.29 bits per heavy atom. The molecule has 1 atom stereocenters. The third-order valence-corrected chi connectivity index (χ3v) is 2.58. The number of hydrogen-bond donors (Lipinski definition) is 1. The standard InChI is InChI=1S/C17H21NO3/c1-5-6-12-14(19)18-15(13-10-8-7-9-11-13)16(20)21-17(2,3)4/h1,7-11,15H,6,12H2,2-4H3,(H,18,19)/t15-/m1/s1. The zero-order valence-electron chi connectivity index (χ0n) is 12.7. The van der Waals surface area contributed by atoms with E-state index in [4.69, 9.17) is 11.2 Å². The molecule has 21 heavy (non-hydrogen) atoms. The zero-order chi connectivity index (χ0) is 15.9. The van der Waals surface area contributed by atoms with Crippen molar-refractivity contribution in [3.8, 4) is 12.3 Å². The number of carbonyl (C=O) groups excluding carboxylic acids is 2. The van der Waals surface area contributed by atoms with Crippen molar-refractivity contribution in [2.45, 2.75) is 45.3 Å². The predicted octanol–water partition coefficient (Wildman–Crippen LogP) is 2.60. The van der Waals surface area contributed by atoms with Gasteiger partial charge in [-0.2, -0.15) is 0 Å². The molecule has 112 valence electrons. The quantitative estimate of drug-likeness (QED) is 0.669. The summed E-state index contributed by atoms with van der Waals surface area (Å²) in [5.41, 5.74) is 0.0639. The number of nitrogens with one attached hydrogen (secondary N) is 1. The minimum Gasteiger partial charge on any atom is -0.458 e. The van der Waals surface area contributed by atoms with Crippen LogP contribution in [-0.2, 0) is 14.3 Å². The van der Waals surface area contributed by atoms with E-state index in [0.717, 1.165) is 0 Å². The number of terminal acetylenes is 1. The number of carbonyl (C=O) groups is 2. The van der Waals surface area contributed by atoms with E-state index in [1.165, 1.54) is 0 Å². The van der Waals surface area contributed by atoms with Crippen LogP contribution < -0.4 is 5.32 Å². The van der Waals surface area contributed by atoms with Crippen LogP contribution in [0.25, 0.3) is 0 Å². The molecule has 1 N–H and O–H groups in total. The Morgan fingerprint density at radius 2 is 1.90 bits per heavy atom. The average Bonchev–Trinajstić information content (AvgIpc) is 2.41. The molecule has 1 aromatic carbocycles. The molecule has 4 heteroatoms. The lowest BCUT2D eigenvalue weighted by atomic mass is 10.1. The van der Waals surface area contributed by atoms with Crippen LogP contribution in [0.2, 0.25) is 0 Å². The molecule has 0 aliphatic rings. The molecule has 0 aliphatic heterocycles. The molecule has 0 aliphatic carbocycles. The molecule has 0 fully saturated rings. The number of benzene rings is 1. The summed E-state index contributed by atoms with van der Waals surface area (Å²) in [6.45, 7) is 5.35. The van der Waals surface area contributed by atoms with Gasteiger partial charge in [-0.05, 0) is 26.3 Å². The number of esters is 1. The molecule has 0 unspecified atom stereocenters. The third-order valence-electron chi connectivity index (χ3n) is 2.58. The molecule has 0 aromatic heterocycles. The van der Waals surface area contributed by atoms with Crippen LogP contribution in [0.5, 0.6) is 0 Å². The fourth-order valence-corrected chi connectivity index (χ4v) is 1.70. The van der Waals surface area contributed by atoms with Crippen LogP contribution in [-0.4, -0.2) is 17.5 Å². The summed E-state index contributed by atoms with van der Waals surface area (Å²) < 4.78 is 5.37. The molecule has 0 saturated carbocycles. The molecule has 0 heterocycles. The van der Waals surface area contributed by atoms with E-state index in [1.54, 1.807) is 45.0 Å². The maximum absolute atomic E-state index is 12.3. The van der Waals surface area contributed by atoms with Crippen molar-refractivity contribution in [1.29, 1.82) is 0 Å². The Morgan fingerprint density at radius 3 is 2.43 bits per heavy atom. The second-order valence-corrected chi connectivity index (χ2v) is 5.65. The van der Waals surface area contributed by atoms with E-state index >= 15 is 0 Å². The van der Waals surface area contributed by atoms with Crippen LogP contribution in [0.15, 0.2) is 30.3 Å². The minimum absolute atomic E-state index is 0.183. The first kappa shape index (κ1) is 16.8. The minimum atomic E-state index is -0.823. The SMILES string of the molecule is C#CCCC(=O)N[C@@H](C(=O)OC(C)(C)C)c1ccccc1. The molecule has 0 saturated heterocycles. The molecule has 1 aromatic rings. The Labute approximate surface area is 125 Å².